The van der Waals surface area contributed by atoms with E-state index in [9.17, 15) is 26.4 Å². The van der Waals surface area contributed by atoms with Gasteiger partial charge in [-0.05, 0) is 19.3 Å². The fraction of sp³-hybridized carbons (Fsp3) is 0.909. The van der Waals surface area contributed by atoms with Crippen LogP contribution < -0.4 is 10.0 Å². The molecule has 0 radical (unpaired) electrons. The predicted molar refractivity (Wildman–Crippen MR) is 71.2 cm³/mol. The van der Waals surface area contributed by atoms with E-state index in [1.54, 1.807) is 0 Å². The lowest BCUT2D eigenvalue weighted by atomic mass is 9.98. The number of amides is 2. The summed E-state index contributed by atoms with van der Waals surface area (Å²) in [5.41, 5.74) is 0. The summed E-state index contributed by atoms with van der Waals surface area (Å²) < 4.78 is 61.7. The molecule has 1 aliphatic rings. The van der Waals surface area contributed by atoms with Gasteiger partial charge in [0.2, 0.25) is 10.0 Å². The van der Waals surface area contributed by atoms with Gasteiger partial charge in [-0.1, -0.05) is 0 Å². The summed E-state index contributed by atoms with van der Waals surface area (Å²) in [6, 6.07) is -0.539. The number of hydrogen-bond acceptors (Lipinski definition) is 3. The van der Waals surface area contributed by atoms with Crippen LogP contribution >= 0.6 is 0 Å². The number of carbonyl (C=O) groups is 1. The van der Waals surface area contributed by atoms with E-state index >= 15 is 0 Å². The summed E-state index contributed by atoms with van der Waals surface area (Å²) in [5.74, 6) is -1.47. The first kappa shape index (κ1) is 18.0. The summed E-state index contributed by atoms with van der Waals surface area (Å²) in [4.78, 5) is 12.9. The van der Waals surface area contributed by atoms with Crippen LogP contribution in [0.15, 0.2) is 0 Å². The SMILES string of the molecule is CS(=O)(=O)NCCCNC(=O)N1CCC[C@H](C(F)(F)F)C1. The van der Waals surface area contributed by atoms with Crippen LogP contribution in [0.25, 0.3) is 0 Å². The molecule has 1 fully saturated rings. The number of urea groups is 1. The first-order valence-corrected chi connectivity index (χ1v) is 8.53. The van der Waals surface area contributed by atoms with Crippen LogP contribution in [0.1, 0.15) is 19.3 Å². The van der Waals surface area contributed by atoms with Crippen molar-refractivity contribution in [2.45, 2.75) is 25.4 Å². The van der Waals surface area contributed by atoms with E-state index in [-0.39, 0.29) is 26.1 Å². The highest BCUT2D eigenvalue weighted by atomic mass is 32.2. The summed E-state index contributed by atoms with van der Waals surface area (Å²) in [5, 5.41) is 2.50. The van der Waals surface area contributed by atoms with Gasteiger partial charge in [-0.25, -0.2) is 17.9 Å². The van der Waals surface area contributed by atoms with E-state index in [1.807, 2.05) is 0 Å². The molecule has 0 aliphatic carbocycles. The van der Waals surface area contributed by atoms with E-state index in [0.29, 0.717) is 19.4 Å². The molecular weight excluding hydrogens is 311 g/mol. The first-order chi connectivity index (χ1) is 9.59. The molecule has 2 amide bonds. The Hall–Kier alpha value is -1.03. The maximum atomic E-state index is 12.6. The highest BCUT2D eigenvalue weighted by Gasteiger charge is 2.42. The Bertz CT molecular complexity index is 453. The molecule has 0 unspecified atom stereocenters. The number of likely N-dealkylation sites (tertiary alicyclic amines) is 1. The molecule has 0 aromatic carbocycles. The lowest BCUT2D eigenvalue weighted by Crippen LogP contribution is -2.48. The standard InChI is InChI=1S/C11H20F3N3O3S/c1-21(19,20)16-6-3-5-15-10(18)17-7-2-4-9(8-17)11(12,13)14/h9,16H,2-8H2,1H3,(H,15,18)/t9-/m0/s1. The molecule has 0 aromatic rings. The van der Waals surface area contributed by atoms with Gasteiger partial charge >= 0.3 is 12.2 Å². The zero-order chi connectivity index (χ0) is 16.1. The van der Waals surface area contributed by atoms with Crippen LogP contribution in [0.4, 0.5) is 18.0 Å². The molecule has 0 spiro atoms. The number of halogens is 3. The third kappa shape index (κ3) is 6.98. The van der Waals surface area contributed by atoms with E-state index in [2.05, 4.69) is 10.0 Å². The van der Waals surface area contributed by atoms with Gasteiger partial charge in [-0.15, -0.1) is 0 Å². The second-order valence-corrected chi connectivity index (χ2v) is 6.91. The third-order valence-electron chi connectivity index (χ3n) is 3.17. The van der Waals surface area contributed by atoms with Crippen LogP contribution in [-0.4, -0.2) is 58.0 Å². The zero-order valence-corrected chi connectivity index (χ0v) is 12.6. The molecule has 1 atom stereocenters. The van der Waals surface area contributed by atoms with Crippen molar-refractivity contribution in [3.8, 4) is 0 Å². The molecule has 21 heavy (non-hydrogen) atoms. The average Bonchev–Trinajstić information content (AvgIpc) is 2.36. The number of nitrogens with one attached hydrogen (secondary N) is 2. The zero-order valence-electron chi connectivity index (χ0n) is 11.7. The van der Waals surface area contributed by atoms with Crippen molar-refractivity contribution in [2.24, 2.45) is 5.92 Å². The minimum atomic E-state index is -4.28. The molecule has 1 saturated heterocycles. The number of alkyl halides is 3. The fourth-order valence-corrected chi connectivity index (χ4v) is 2.60. The average molecular weight is 331 g/mol. The molecule has 124 valence electrons. The van der Waals surface area contributed by atoms with E-state index in [4.69, 9.17) is 0 Å². The van der Waals surface area contributed by atoms with Crippen LogP contribution in [0.3, 0.4) is 0 Å². The quantitative estimate of drug-likeness (QED) is 0.735. The van der Waals surface area contributed by atoms with Gasteiger partial charge < -0.3 is 10.2 Å². The second-order valence-electron chi connectivity index (χ2n) is 5.08. The lowest BCUT2D eigenvalue weighted by molar-refractivity contribution is -0.183. The van der Waals surface area contributed by atoms with Crippen LogP contribution in [0, 0.1) is 5.92 Å². The molecule has 1 heterocycles. The maximum Gasteiger partial charge on any atom is 0.393 e. The Kier molecular flexibility index (Phi) is 6.26. The molecule has 0 aromatic heterocycles. The monoisotopic (exact) mass is 331 g/mol. The minimum absolute atomic E-state index is 0.0472. The van der Waals surface area contributed by atoms with Gasteiger partial charge in [-0.3, -0.25) is 0 Å². The summed E-state index contributed by atoms with van der Waals surface area (Å²) in [7, 11) is -3.27. The lowest BCUT2D eigenvalue weighted by Gasteiger charge is -2.33. The Morgan fingerprint density at radius 1 is 1.33 bits per heavy atom. The van der Waals surface area contributed by atoms with Crippen molar-refractivity contribution in [1.82, 2.24) is 14.9 Å². The Labute approximate surface area is 122 Å². The number of nitrogens with zero attached hydrogens (tertiary/aromatic N) is 1. The summed E-state index contributed by atoms with van der Waals surface area (Å²) >= 11 is 0. The minimum Gasteiger partial charge on any atom is -0.338 e. The predicted octanol–water partition coefficient (Wildman–Crippen LogP) is 0.910. The number of hydrogen-bond donors (Lipinski definition) is 2. The van der Waals surface area contributed by atoms with Gasteiger partial charge in [0.05, 0.1) is 12.2 Å². The van der Waals surface area contributed by atoms with E-state index in [0.717, 1.165) is 11.2 Å². The largest absolute Gasteiger partial charge is 0.393 e. The highest BCUT2D eigenvalue weighted by molar-refractivity contribution is 7.88. The van der Waals surface area contributed by atoms with Gasteiger partial charge in [0.1, 0.15) is 0 Å². The topological polar surface area (TPSA) is 78.5 Å². The van der Waals surface area contributed by atoms with Crippen molar-refractivity contribution in [3.63, 3.8) is 0 Å². The van der Waals surface area contributed by atoms with Crippen LogP contribution in [0.2, 0.25) is 0 Å². The molecule has 1 aliphatic heterocycles. The van der Waals surface area contributed by atoms with Gasteiger partial charge in [-0.2, -0.15) is 13.2 Å². The third-order valence-corrected chi connectivity index (χ3v) is 3.89. The molecule has 6 nitrogen and oxygen atoms in total. The van der Waals surface area contributed by atoms with Crippen molar-refractivity contribution in [2.75, 3.05) is 32.4 Å². The number of rotatable bonds is 5. The van der Waals surface area contributed by atoms with E-state index < -0.39 is 28.1 Å². The van der Waals surface area contributed by atoms with Crippen molar-refractivity contribution < 1.29 is 26.4 Å². The Balaban J connectivity index is 2.29. The Morgan fingerprint density at radius 3 is 2.57 bits per heavy atom. The number of sulfonamides is 1. The Morgan fingerprint density at radius 2 is 2.00 bits per heavy atom. The van der Waals surface area contributed by atoms with Crippen molar-refractivity contribution in [1.29, 1.82) is 0 Å². The molecule has 0 saturated carbocycles. The molecule has 10 heteroatoms. The van der Waals surface area contributed by atoms with Crippen molar-refractivity contribution in [3.05, 3.63) is 0 Å². The van der Waals surface area contributed by atoms with Gasteiger partial charge in [0.25, 0.3) is 0 Å². The first-order valence-electron chi connectivity index (χ1n) is 6.64. The summed E-state index contributed by atoms with van der Waals surface area (Å²) in [6.07, 6.45) is -2.51. The molecular formula is C11H20F3N3O3S. The summed E-state index contributed by atoms with van der Waals surface area (Å²) in [6.45, 7) is 0.357. The molecule has 2 N–H and O–H groups in total. The van der Waals surface area contributed by atoms with E-state index in [1.165, 1.54) is 0 Å². The normalized spacial score (nSPS) is 20.4. The fourth-order valence-electron chi connectivity index (χ4n) is 2.08. The smallest absolute Gasteiger partial charge is 0.338 e. The number of piperidine rings is 1. The van der Waals surface area contributed by atoms with Crippen LogP contribution in [0.5, 0.6) is 0 Å². The van der Waals surface area contributed by atoms with Crippen LogP contribution in [-0.2, 0) is 10.0 Å². The number of carbonyl (C=O) groups excluding carboxylic acids is 1. The molecule has 0 bridgehead atoms. The maximum absolute atomic E-state index is 12.6. The van der Waals surface area contributed by atoms with Gasteiger partial charge in [0, 0.05) is 26.2 Å². The highest BCUT2D eigenvalue weighted by Crippen LogP contribution is 2.32. The second kappa shape index (κ2) is 7.30. The molecule has 1 rings (SSSR count). The van der Waals surface area contributed by atoms with Gasteiger partial charge in [0.15, 0.2) is 0 Å². The van der Waals surface area contributed by atoms with Crippen molar-refractivity contribution >= 4 is 16.1 Å².